The lowest BCUT2D eigenvalue weighted by Crippen LogP contribution is -2.40. The average Bonchev–Trinajstić information content (AvgIpc) is 2.83. The van der Waals surface area contributed by atoms with Crippen molar-refractivity contribution in [2.45, 2.75) is 19.8 Å². The molecule has 0 atom stereocenters. The molecule has 0 saturated carbocycles. The molecule has 0 unspecified atom stereocenters. The highest BCUT2D eigenvalue weighted by atomic mass is 16.5. The van der Waals surface area contributed by atoms with Gasteiger partial charge in [-0.3, -0.25) is 14.4 Å². The van der Waals surface area contributed by atoms with E-state index in [1.165, 1.54) is 0 Å². The van der Waals surface area contributed by atoms with Gasteiger partial charge >= 0.3 is 0 Å². The van der Waals surface area contributed by atoms with Crippen molar-refractivity contribution in [3.05, 3.63) is 59.7 Å². The number of rotatable bonds is 9. The van der Waals surface area contributed by atoms with Crippen molar-refractivity contribution in [3.63, 3.8) is 0 Å². The lowest BCUT2D eigenvalue weighted by molar-refractivity contribution is -0.115. The normalized spacial score (nSPS) is 13.3. The molecular formula is C24H29N3O5. The summed E-state index contributed by atoms with van der Waals surface area (Å²) in [5, 5.41) is 5.31. The van der Waals surface area contributed by atoms with E-state index in [0.29, 0.717) is 55.5 Å². The third-order valence-corrected chi connectivity index (χ3v) is 4.98. The summed E-state index contributed by atoms with van der Waals surface area (Å²) < 4.78 is 10.9. The lowest BCUT2D eigenvalue weighted by atomic mass is 10.1. The molecule has 0 aliphatic carbocycles. The Labute approximate surface area is 187 Å². The molecule has 0 spiro atoms. The number of amides is 3. The van der Waals surface area contributed by atoms with Crippen molar-refractivity contribution in [2.75, 3.05) is 44.8 Å². The number of carbonyl (C=O) groups is 3. The second-order valence-electron chi connectivity index (χ2n) is 7.44. The molecule has 3 rings (SSSR count). The van der Waals surface area contributed by atoms with Crippen molar-refractivity contribution in [3.8, 4) is 5.75 Å². The van der Waals surface area contributed by atoms with Gasteiger partial charge in [-0.25, -0.2) is 0 Å². The van der Waals surface area contributed by atoms with Crippen molar-refractivity contribution in [1.29, 1.82) is 0 Å². The van der Waals surface area contributed by atoms with E-state index in [-0.39, 0.29) is 24.3 Å². The highest BCUT2D eigenvalue weighted by Gasteiger charge is 2.19. The van der Waals surface area contributed by atoms with Crippen LogP contribution < -0.4 is 15.4 Å². The molecule has 0 bridgehead atoms. The van der Waals surface area contributed by atoms with Crippen LogP contribution in [0.15, 0.2) is 48.5 Å². The Hall–Kier alpha value is -3.39. The molecule has 2 N–H and O–H groups in total. The quantitative estimate of drug-likeness (QED) is 0.586. The third kappa shape index (κ3) is 6.81. The van der Waals surface area contributed by atoms with E-state index in [2.05, 4.69) is 17.6 Å². The van der Waals surface area contributed by atoms with Crippen LogP contribution in [0.2, 0.25) is 0 Å². The fraction of sp³-hybridized carbons (Fsp3) is 0.375. The Morgan fingerprint density at radius 3 is 2.50 bits per heavy atom. The zero-order chi connectivity index (χ0) is 22.8. The Kier molecular flexibility index (Phi) is 8.62. The molecule has 1 aliphatic rings. The maximum absolute atomic E-state index is 12.6. The predicted molar refractivity (Wildman–Crippen MR) is 121 cm³/mol. The summed E-state index contributed by atoms with van der Waals surface area (Å²) in [4.78, 5) is 38.9. The Morgan fingerprint density at radius 1 is 1.03 bits per heavy atom. The van der Waals surface area contributed by atoms with Crippen molar-refractivity contribution in [2.24, 2.45) is 0 Å². The molecule has 1 aliphatic heterocycles. The summed E-state index contributed by atoms with van der Waals surface area (Å²) >= 11 is 0. The summed E-state index contributed by atoms with van der Waals surface area (Å²) in [6.07, 6.45) is 2.03. The molecule has 0 radical (unpaired) electrons. The van der Waals surface area contributed by atoms with Gasteiger partial charge in [0.25, 0.3) is 11.8 Å². The first kappa shape index (κ1) is 23.3. The largest absolute Gasteiger partial charge is 0.494 e. The molecule has 2 aromatic carbocycles. The zero-order valence-corrected chi connectivity index (χ0v) is 18.3. The van der Waals surface area contributed by atoms with Crippen LogP contribution in [0, 0.1) is 0 Å². The van der Waals surface area contributed by atoms with Crippen LogP contribution in [-0.4, -0.2) is 62.1 Å². The van der Waals surface area contributed by atoms with Gasteiger partial charge in [0.15, 0.2) is 0 Å². The number of anilines is 1. The summed E-state index contributed by atoms with van der Waals surface area (Å²) in [5.41, 5.74) is 1.44. The number of nitrogens with zero attached hydrogens (tertiary/aromatic N) is 1. The number of hydrogen-bond donors (Lipinski definition) is 2. The molecule has 1 saturated heterocycles. The van der Waals surface area contributed by atoms with Crippen LogP contribution in [0.1, 0.15) is 40.5 Å². The van der Waals surface area contributed by atoms with Crippen LogP contribution in [0.5, 0.6) is 5.75 Å². The Balaban J connectivity index is 1.48. The second-order valence-corrected chi connectivity index (χ2v) is 7.44. The standard InChI is InChI=1S/C24H29N3O5/c1-2-3-13-32-21-9-7-18(8-10-21)23(29)25-17-22(28)26-20-6-4-5-19(16-20)24(30)27-11-14-31-15-12-27/h4-10,16H,2-3,11-15,17H2,1H3,(H,25,29)(H,26,28). The van der Waals surface area contributed by atoms with Gasteiger partial charge in [-0.2, -0.15) is 0 Å². The summed E-state index contributed by atoms with van der Waals surface area (Å²) in [5.74, 6) is -0.121. The van der Waals surface area contributed by atoms with E-state index in [9.17, 15) is 14.4 Å². The number of ether oxygens (including phenoxy) is 2. The molecule has 8 heteroatoms. The van der Waals surface area contributed by atoms with Crippen LogP contribution in [0.25, 0.3) is 0 Å². The summed E-state index contributed by atoms with van der Waals surface area (Å²) in [6.45, 7) is 4.69. The van der Waals surface area contributed by atoms with Gasteiger partial charge < -0.3 is 25.0 Å². The number of unbranched alkanes of at least 4 members (excludes halogenated alkanes) is 1. The molecule has 0 aromatic heterocycles. The number of morpholine rings is 1. The number of hydrogen-bond acceptors (Lipinski definition) is 5. The van der Waals surface area contributed by atoms with Gasteiger partial charge in [-0.05, 0) is 48.9 Å². The first-order valence-corrected chi connectivity index (χ1v) is 10.8. The molecule has 8 nitrogen and oxygen atoms in total. The van der Waals surface area contributed by atoms with Crippen LogP contribution >= 0.6 is 0 Å². The lowest BCUT2D eigenvalue weighted by Gasteiger charge is -2.27. The van der Waals surface area contributed by atoms with E-state index in [0.717, 1.165) is 12.8 Å². The van der Waals surface area contributed by atoms with E-state index < -0.39 is 0 Å². The van der Waals surface area contributed by atoms with Crippen molar-refractivity contribution < 1.29 is 23.9 Å². The van der Waals surface area contributed by atoms with Gasteiger partial charge in [0.2, 0.25) is 5.91 Å². The highest BCUT2D eigenvalue weighted by Crippen LogP contribution is 2.14. The number of nitrogens with one attached hydrogen (secondary N) is 2. The smallest absolute Gasteiger partial charge is 0.254 e. The van der Waals surface area contributed by atoms with E-state index >= 15 is 0 Å². The molecule has 1 fully saturated rings. The number of benzene rings is 2. The molecule has 2 aromatic rings. The van der Waals surface area contributed by atoms with Crippen LogP contribution in [-0.2, 0) is 9.53 Å². The van der Waals surface area contributed by atoms with Crippen LogP contribution in [0.3, 0.4) is 0 Å². The predicted octanol–water partition coefficient (Wildman–Crippen LogP) is 2.71. The monoisotopic (exact) mass is 439 g/mol. The minimum Gasteiger partial charge on any atom is -0.494 e. The molecular weight excluding hydrogens is 410 g/mol. The Morgan fingerprint density at radius 2 is 1.78 bits per heavy atom. The molecule has 32 heavy (non-hydrogen) atoms. The van der Waals surface area contributed by atoms with Crippen molar-refractivity contribution in [1.82, 2.24) is 10.2 Å². The van der Waals surface area contributed by atoms with E-state index in [1.54, 1.807) is 53.4 Å². The van der Waals surface area contributed by atoms with E-state index in [1.807, 2.05) is 0 Å². The fourth-order valence-electron chi connectivity index (χ4n) is 3.18. The minimum absolute atomic E-state index is 0.0974. The van der Waals surface area contributed by atoms with E-state index in [4.69, 9.17) is 9.47 Å². The first-order chi connectivity index (χ1) is 15.6. The van der Waals surface area contributed by atoms with Gasteiger partial charge in [-0.1, -0.05) is 19.4 Å². The summed E-state index contributed by atoms with van der Waals surface area (Å²) in [7, 11) is 0. The van der Waals surface area contributed by atoms with Crippen molar-refractivity contribution >= 4 is 23.4 Å². The SMILES string of the molecule is CCCCOc1ccc(C(=O)NCC(=O)Nc2cccc(C(=O)N3CCOCC3)c2)cc1. The fourth-order valence-corrected chi connectivity index (χ4v) is 3.18. The van der Waals surface area contributed by atoms with Gasteiger partial charge in [-0.15, -0.1) is 0 Å². The minimum atomic E-state index is -0.381. The molecule has 170 valence electrons. The Bertz CT molecular complexity index is 923. The van der Waals surface area contributed by atoms with Crippen LogP contribution in [0.4, 0.5) is 5.69 Å². The highest BCUT2D eigenvalue weighted by molar-refractivity contribution is 6.00. The molecule has 1 heterocycles. The second kappa shape index (κ2) is 11.9. The van der Waals surface area contributed by atoms with Gasteiger partial charge in [0.05, 0.1) is 26.4 Å². The maximum Gasteiger partial charge on any atom is 0.254 e. The van der Waals surface area contributed by atoms with Gasteiger partial charge in [0, 0.05) is 29.9 Å². The maximum atomic E-state index is 12.6. The average molecular weight is 440 g/mol. The first-order valence-electron chi connectivity index (χ1n) is 10.8. The summed E-state index contributed by atoms with van der Waals surface area (Å²) in [6, 6.07) is 13.6. The molecule has 3 amide bonds. The third-order valence-electron chi connectivity index (χ3n) is 4.98. The topological polar surface area (TPSA) is 97.0 Å². The zero-order valence-electron chi connectivity index (χ0n) is 18.3. The number of carbonyl (C=O) groups excluding carboxylic acids is 3. The van der Waals surface area contributed by atoms with Gasteiger partial charge in [0.1, 0.15) is 5.75 Å².